The number of pyridine rings is 1. The molecular formula is C25H26N4O2. The largest absolute Gasteiger partial charge is 0.492 e. The summed E-state index contributed by atoms with van der Waals surface area (Å²) in [5.41, 5.74) is 5.00. The van der Waals surface area contributed by atoms with E-state index in [2.05, 4.69) is 53.0 Å². The highest BCUT2D eigenvalue weighted by Gasteiger charge is 2.12. The Labute approximate surface area is 181 Å². The first-order chi connectivity index (χ1) is 15.1. The summed E-state index contributed by atoms with van der Waals surface area (Å²) in [4.78, 5) is 21.0. The summed E-state index contributed by atoms with van der Waals surface area (Å²) in [6.45, 7) is 5.87. The monoisotopic (exact) mass is 414 g/mol. The number of para-hydroxylation sites is 2. The SMILES string of the molecule is Cc1cc(C)cc(OCCn2c(CCNC(=O)c3ccncc3)nc3ccccc32)c1. The highest BCUT2D eigenvalue weighted by molar-refractivity contribution is 5.93. The molecule has 0 fully saturated rings. The lowest BCUT2D eigenvalue weighted by Gasteiger charge is -2.12. The normalized spacial score (nSPS) is 10.9. The van der Waals surface area contributed by atoms with E-state index in [9.17, 15) is 4.79 Å². The molecule has 31 heavy (non-hydrogen) atoms. The molecule has 1 amide bonds. The van der Waals surface area contributed by atoms with E-state index in [4.69, 9.17) is 9.72 Å². The molecule has 1 N–H and O–H groups in total. The van der Waals surface area contributed by atoms with Gasteiger partial charge in [-0.3, -0.25) is 9.78 Å². The first-order valence-corrected chi connectivity index (χ1v) is 10.4. The van der Waals surface area contributed by atoms with Crippen molar-refractivity contribution < 1.29 is 9.53 Å². The van der Waals surface area contributed by atoms with Crippen molar-refractivity contribution in [3.63, 3.8) is 0 Å². The standard InChI is InChI=1S/C25H26N4O2/c1-18-15-19(2)17-21(16-18)31-14-13-29-23-6-4-3-5-22(23)28-24(29)9-12-27-25(30)20-7-10-26-11-8-20/h3-8,10-11,15-17H,9,12-14H2,1-2H3,(H,27,30). The molecule has 0 unspecified atom stereocenters. The van der Waals surface area contributed by atoms with Gasteiger partial charge in [-0.1, -0.05) is 18.2 Å². The Morgan fingerprint density at radius 2 is 1.77 bits per heavy atom. The number of carbonyl (C=O) groups excluding carboxylic acids is 1. The van der Waals surface area contributed by atoms with E-state index in [-0.39, 0.29) is 5.91 Å². The molecule has 6 nitrogen and oxygen atoms in total. The third-order valence-corrected chi connectivity index (χ3v) is 5.09. The maximum atomic E-state index is 12.3. The second-order valence-electron chi connectivity index (χ2n) is 7.58. The van der Waals surface area contributed by atoms with Crippen molar-refractivity contribution in [2.24, 2.45) is 0 Å². The summed E-state index contributed by atoms with van der Waals surface area (Å²) in [6.07, 6.45) is 3.86. The molecule has 2 aromatic carbocycles. The van der Waals surface area contributed by atoms with Crippen LogP contribution in [-0.2, 0) is 13.0 Å². The van der Waals surface area contributed by atoms with Crippen LogP contribution < -0.4 is 10.1 Å². The molecule has 0 radical (unpaired) electrons. The molecule has 6 heteroatoms. The number of fused-ring (bicyclic) bond motifs is 1. The minimum Gasteiger partial charge on any atom is -0.492 e. The highest BCUT2D eigenvalue weighted by Crippen LogP contribution is 2.19. The predicted octanol–water partition coefficient (Wildman–Crippen LogP) is 4.10. The van der Waals surface area contributed by atoms with Crippen LogP contribution in [0.5, 0.6) is 5.75 Å². The smallest absolute Gasteiger partial charge is 0.251 e. The van der Waals surface area contributed by atoms with Gasteiger partial charge < -0.3 is 14.6 Å². The van der Waals surface area contributed by atoms with Gasteiger partial charge in [0.25, 0.3) is 5.91 Å². The van der Waals surface area contributed by atoms with Crippen molar-refractivity contribution in [1.29, 1.82) is 0 Å². The van der Waals surface area contributed by atoms with Crippen molar-refractivity contribution in [2.75, 3.05) is 13.2 Å². The molecule has 4 aromatic rings. The number of rotatable bonds is 8. The number of aromatic nitrogens is 3. The Kier molecular flexibility index (Phi) is 6.26. The fraction of sp³-hybridized carbons (Fsp3) is 0.240. The van der Waals surface area contributed by atoms with Gasteiger partial charge in [0.15, 0.2) is 0 Å². The van der Waals surface area contributed by atoms with E-state index >= 15 is 0 Å². The molecule has 0 aliphatic rings. The van der Waals surface area contributed by atoms with Crippen LogP contribution in [0, 0.1) is 13.8 Å². The zero-order chi connectivity index (χ0) is 21.6. The Bertz CT molecular complexity index is 1160. The third kappa shape index (κ3) is 5.09. The molecule has 2 aromatic heterocycles. The molecule has 0 aliphatic carbocycles. The number of hydrogen-bond acceptors (Lipinski definition) is 4. The Morgan fingerprint density at radius 3 is 2.55 bits per heavy atom. The minimum absolute atomic E-state index is 0.108. The molecule has 0 saturated heterocycles. The zero-order valence-corrected chi connectivity index (χ0v) is 17.8. The number of imidazole rings is 1. The number of hydrogen-bond donors (Lipinski definition) is 1. The Hall–Kier alpha value is -3.67. The van der Waals surface area contributed by atoms with Crippen LogP contribution in [0.15, 0.2) is 67.0 Å². The summed E-state index contributed by atoms with van der Waals surface area (Å²) >= 11 is 0. The van der Waals surface area contributed by atoms with Gasteiger partial charge in [0.05, 0.1) is 17.6 Å². The average Bonchev–Trinajstić information content (AvgIpc) is 3.11. The van der Waals surface area contributed by atoms with Crippen LogP contribution in [0.4, 0.5) is 0 Å². The van der Waals surface area contributed by atoms with Gasteiger partial charge in [-0.15, -0.1) is 0 Å². The van der Waals surface area contributed by atoms with E-state index in [1.807, 2.05) is 18.2 Å². The molecule has 4 rings (SSSR count). The number of nitrogens with zero attached hydrogens (tertiary/aromatic N) is 3. The van der Waals surface area contributed by atoms with E-state index in [0.29, 0.717) is 31.7 Å². The lowest BCUT2D eigenvalue weighted by Crippen LogP contribution is -2.26. The Morgan fingerprint density at radius 1 is 1.03 bits per heavy atom. The second-order valence-corrected chi connectivity index (χ2v) is 7.58. The van der Waals surface area contributed by atoms with Crippen molar-refractivity contribution in [3.8, 4) is 5.75 Å². The van der Waals surface area contributed by atoms with Crippen LogP contribution in [-0.4, -0.2) is 33.6 Å². The predicted molar refractivity (Wildman–Crippen MR) is 121 cm³/mol. The molecule has 2 heterocycles. The summed E-state index contributed by atoms with van der Waals surface area (Å²) in [6, 6.07) is 17.7. The van der Waals surface area contributed by atoms with Crippen LogP contribution in [0.1, 0.15) is 27.3 Å². The maximum Gasteiger partial charge on any atom is 0.251 e. The first-order valence-electron chi connectivity index (χ1n) is 10.4. The number of carbonyl (C=O) groups is 1. The van der Waals surface area contributed by atoms with Crippen LogP contribution in [0.3, 0.4) is 0 Å². The van der Waals surface area contributed by atoms with Crippen LogP contribution >= 0.6 is 0 Å². The van der Waals surface area contributed by atoms with Gasteiger partial charge >= 0.3 is 0 Å². The number of benzene rings is 2. The number of aryl methyl sites for hydroxylation is 2. The second kappa shape index (κ2) is 9.43. The van der Waals surface area contributed by atoms with Gasteiger partial charge in [0.1, 0.15) is 18.2 Å². The maximum absolute atomic E-state index is 12.3. The van der Waals surface area contributed by atoms with Gasteiger partial charge in [-0.25, -0.2) is 4.98 Å². The van der Waals surface area contributed by atoms with E-state index in [1.54, 1.807) is 24.5 Å². The molecule has 158 valence electrons. The van der Waals surface area contributed by atoms with E-state index < -0.39 is 0 Å². The fourth-order valence-corrected chi connectivity index (χ4v) is 3.73. The van der Waals surface area contributed by atoms with Crippen molar-refractivity contribution >= 4 is 16.9 Å². The number of amides is 1. The van der Waals surface area contributed by atoms with Gasteiger partial charge in [-0.2, -0.15) is 0 Å². The molecular weight excluding hydrogens is 388 g/mol. The highest BCUT2D eigenvalue weighted by atomic mass is 16.5. The third-order valence-electron chi connectivity index (χ3n) is 5.09. The lowest BCUT2D eigenvalue weighted by molar-refractivity contribution is 0.0953. The molecule has 0 aliphatic heterocycles. The lowest BCUT2D eigenvalue weighted by atomic mass is 10.1. The topological polar surface area (TPSA) is 69.0 Å². The van der Waals surface area contributed by atoms with Gasteiger partial charge in [0.2, 0.25) is 0 Å². The molecule has 0 saturated carbocycles. The first kappa shape index (κ1) is 20.6. The van der Waals surface area contributed by atoms with Gasteiger partial charge in [0, 0.05) is 30.9 Å². The zero-order valence-electron chi connectivity index (χ0n) is 17.8. The van der Waals surface area contributed by atoms with E-state index in [0.717, 1.165) is 22.6 Å². The summed E-state index contributed by atoms with van der Waals surface area (Å²) in [7, 11) is 0. The summed E-state index contributed by atoms with van der Waals surface area (Å²) < 4.78 is 8.20. The fourth-order valence-electron chi connectivity index (χ4n) is 3.73. The number of ether oxygens (including phenoxy) is 1. The van der Waals surface area contributed by atoms with Crippen LogP contribution in [0.25, 0.3) is 11.0 Å². The summed E-state index contributed by atoms with van der Waals surface area (Å²) in [5.74, 6) is 1.71. The quantitative estimate of drug-likeness (QED) is 0.471. The van der Waals surface area contributed by atoms with Crippen LogP contribution in [0.2, 0.25) is 0 Å². The molecule has 0 atom stereocenters. The van der Waals surface area contributed by atoms with E-state index in [1.165, 1.54) is 11.1 Å². The average molecular weight is 415 g/mol. The van der Waals surface area contributed by atoms with Gasteiger partial charge in [-0.05, 0) is 61.4 Å². The number of nitrogens with one attached hydrogen (secondary N) is 1. The molecule has 0 spiro atoms. The van der Waals surface area contributed by atoms with Crippen molar-refractivity contribution in [1.82, 2.24) is 19.9 Å². The minimum atomic E-state index is -0.108. The molecule has 0 bridgehead atoms. The van der Waals surface area contributed by atoms with Crippen molar-refractivity contribution in [3.05, 3.63) is 89.5 Å². The van der Waals surface area contributed by atoms with Crippen molar-refractivity contribution in [2.45, 2.75) is 26.8 Å². The summed E-state index contributed by atoms with van der Waals surface area (Å²) in [5, 5.41) is 2.96. The Balaban J connectivity index is 1.43.